The van der Waals surface area contributed by atoms with E-state index in [1.54, 1.807) is 13.1 Å². The van der Waals surface area contributed by atoms with Crippen LogP contribution in [0.3, 0.4) is 0 Å². The van der Waals surface area contributed by atoms with Crippen molar-refractivity contribution < 1.29 is 19.1 Å². The first kappa shape index (κ1) is 17.8. The lowest BCUT2D eigenvalue weighted by Gasteiger charge is -2.24. The van der Waals surface area contributed by atoms with Gasteiger partial charge in [-0.2, -0.15) is 0 Å². The van der Waals surface area contributed by atoms with Gasteiger partial charge in [0.2, 0.25) is 11.7 Å². The van der Waals surface area contributed by atoms with Crippen LogP contribution in [0.2, 0.25) is 0 Å². The Morgan fingerprint density at radius 3 is 2.74 bits per heavy atom. The molecule has 27 heavy (non-hydrogen) atoms. The number of likely N-dealkylation sites (tertiary alicyclic amines) is 1. The van der Waals surface area contributed by atoms with Crippen LogP contribution in [0.1, 0.15) is 49.4 Å². The minimum Gasteiger partial charge on any atom is -0.454 e. The van der Waals surface area contributed by atoms with Gasteiger partial charge in [0.05, 0.1) is 5.92 Å². The average Bonchev–Trinajstić information content (AvgIpc) is 3.40. The van der Waals surface area contributed by atoms with Gasteiger partial charge in [-0.3, -0.25) is 14.4 Å². The molecule has 1 saturated carbocycles. The highest BCUT2D eigenvalue weighted by molar-refractivity contribution is 6.10. The van der Waals surface area contributed by atoms with Gasteiger partial charge in [0.15, 0.2) is 6.10 Å². The summed E-state index contributed by atoms with van der Waals surface area (Å²) in [7, 11) is 0. The van der Waals surface area contributed by atoms with E-state index in [1.807, 2.05) is 29.2 Å². The van der Waals surface area contributed by atoms with Crippen molar-refractivity contribution >= 4 is 28.6 Å². The summed E-state index contributed by atoms with van der Waals surface area (Å²) in [6.07, 6.45) is 5.26. The molecule has 2 fully saturated rings. The Morgan fingerprint density at radius 1 is 1.22 bits per heavy atom. The molecule has 1 amide bonds. The smallest absolute Gasteiger partial charge is 0.311 e. The number of hydrogen-bond acceptors (Lipinski definition) is 4. The Morgan fingerprint density at radius 2 is 1.96 bits per heavy atom. The van der Waals surface area contributed by atoms with Crippen LogP contribution in [0, 0.1) is 5.92 Å². The number of hydrogen-bond donors (Lipinski definition) is 1. The number of benzene rings is 1. The largest absolute Gasteiger partial charge is 0.454 e. The number of nitrogens with one attached hydrogen (secondary N) is 1. The van der Waals surface area contributed by atoms with E-state index in [0.29, 0.717) is 12.1 Å². The highest BCUT2D eigenvalue weighted by atomic mass is 16.5. The number of carbonyl (C=O) groups excluding carboxylic acids is 3. The summed E-state index contributed by atoms with van der Waals surface area (Å²) in [5.41, 5.74) is 1.38. The van der Waals surface area contributed by atoms with Gasteiger partial charge in [0.25, 0.3) is 0 Å². The Balaban J connectivity index is 1.40. The number of esters is 1. The molecular formula is C21H24N2O4. The zero-order chi connectivity index (χ0) is 19.0. The second-order valence-corrected chi connectivity index (χ2v) is 7.58. The summed E-state index contributed by atoms with van der Waals surface area (Å²) in [4.78, 5) is 42.4. The van der Waals surface area contributed by atoms with Crippen LogP contribution in [0.5, 0.6) is 0 Å². The number of ether oxygens (including phenoxy) is 1. The Bertz CT molecular complexity index is 881. The summed E-state index contributed by atoms with van der Waals surface area (Å²) in [6, 6.07) is 7.78. The number of carbonyl (C=O) groups is 3. The van der Waals surface area contributed by atoms with Gasteiger partial charge in [0.1, 0.15) is 0 Å². The number of amides is 1. The molecule has 1 saturated heterocycles. The highest BCUT2D eigenvalue weighted by Gasteiger charge is 2.40. The molecule has 6 nitrogen and oxygen atoms in total. The van der Waals surface area contributed by atoms with Crippen LogP contribution in [-0.4, -0.2) is 46.2 Å². The van der Waals surface area contributed by atoms with E-state index in [2.05, 4.69) is 4.98 Å². The van der Waals surface area contributed by atoms with Gasteiger partial charge in [-0.15, -0.1) is 0 Å². The summed E-state index contributed by atoms with van der Waals surface area (Å²) >= 11 is 0. The number of Topliss-reactive ketones (excluding diaryl/α,β-unsaturated/α-hetero) is 1. The van der Waals surface area contributed by atoms with E-state index in [9.17, 15) is 14.4 Å². The van der Waals surface area contributed by atoms with E-state index in [0.717, 1.165) is 36.6 Å². The third-order valence-electron chi connectivity index (χ3n) is 5.77. The number of H-pyrrole nitrogens is 1. The van der Waals surface area contributed by atoms with Crippen molar-refractivity contribution in [2.45, 2.75) is 51.2 Å². The fraction of sp³-hybridized carbons (Fsp3) is 0.476. The zero-order valence-corrected chi connectivity index (χ0v) is 15.4. The first-order valence-corrected chi connectivity index (χ1v) is 9.65. The Kier molecular flexibility index (Phi) is 4.72. The minimum atomic E-state index is -0.882. The monoisotopic (exact) mass is 368 g/mol. The third kappa shape index (κ3) is 3.36. The summed E-state index contributed by atoms with van der Waals surface area (Å²) in [6.45, 7) is 2.00. The van der Waals surface area contributed by atoms with E-state index in [4.69, 9.17) is 4.74 Å². The maximum Gasteiger partial charge on any atom is 0.311 e. The zero-order valence-electron chi connectivity index (χ0n) is 15.4. The molecule has 6 heteroatoms. The van der Waals surface area contributed by atoms with Crippen molar-refractivity contribution in [3.05, 3.63) is 36.0 Å². The summed E-state index contributed by atoms with van der Waals surface area (Å²) < 4.78 is 5.45. The minimum absolute atomic E-state index is 0.0273. The molecule has 1 aliphatic heterocycles. The van der Waals surface area contributed by atoms with E-state index in [-0.39, 0.29) is 24.2 Å². The number of ketones is 1. The number of fused-ring (bicyclic) bond motifs is 1. The molecule has 0 radical (unpaired) electrons. The topological polar surface area (TPSA) is 79.5 Å². The number of rotatable bonds is 5. The van der Waals surface area contributed by atoms with E-state index < -0.39 is 18.0 Å². The first-order chi connectivity index (χ1) is 13.0. The van der Waals surface area contributed by atoms with E-state index in [1.165, 1.54) is 0 Å². The molecule has 0 unspecified atom stereocenters. The normalized spacial score (nSPS) is 21.7. The number of aromatic amines is 1. The fourth-order valence-corrected chi connectivity index (χ4v) is 4.28. The lowest BCUT2D eigenvalue weighted by Crippen LogP contribution is -2.35. The van der Waals surface area contributed by atoms with Gasteiger partial charge >= 0.3 is 5.97 Å². The predicted octanol–water partition coefficient (Wildman–Crippen LogP) is 3.07. The molecular weight excluding hydrogens is 344 g/mol. The lowest BCUT2D eigenvalue weighted by molar-refractivity contribution is -0.151. The molecule has 1 aromatic carbocycles. The van der Waals surface area contributed by atoms with Crippen molar-refractivity contribution in [1.82, 2.24) is 9.88 Å². The number of aromatic nitrogens is 1. The van der Waals surface area contributed by atoms with Crippen LogP contribution in [0.15, 0.2) is 30.5 Å². The molecule has 1 aliphatic carbocycles. The fourth-order valence-electron chi connectivity index (χ4n) is 4.28. The second-order valence-electron chi connectivity index (χ2n) is 7.58. The van der Waals surface area contributed by atoms with Crippen LogP contribution >= 0.6 is 0 Å². The summed E-state index contributed by atoms with van der Waals surface area (Å²) in [5, 5.41) is 0.814. The van der Waals surface area contributed by atoms with Crippen LogP contribution in [0.4, 0.5) is 0 Å². The van der Waals surface area contributed by atoms with Crippen molar-refractivity contribution in [3.63, 3.8) is 0 Å². The maximum atomic E-state index is 12.7. The molecule has 2 heterocycles. The molecule has 0 bridgehead atoms. The highest BCUT2D eigenvalue weighted by Crippen LogP contribution is 2.30. The van der Waals surface area contributed by atoms with E-state index >= 15 is 0 Å². The molecule has 4 rings (SSSR count). The third-order valence-corrected chi connectivity index (χ3v) is 5.77. The SMILES string of the molecule is C[C@@H](OC(=O)[C@H]1CC(=O)N(C2CCCC2)C1)C(=O)c1c[nH]c2ccccc12. The molecule has 2 atom stereocenters. The summed E-state index contributed by atoms with van der Waals surface area (Å²) in [5.74, 6) is -1.14. The van der Waals surface area contributed by atoms with Crippen molar-refractivity contribution in [3.8, 4) is 0 Å². The molecule has 142 valence electrons. The standard InChI is InChI=1S/C21H24N2O4/c1-13(20(25)17-11-22-18-9-5-4-8-16(17)18)27-21(26)14-10-19(24)23(12-14)15-6-2-3-7-15/h4-5,8-9,11,13-15,22H,2-3,6-7,10,12H2,1H3/t13-,14+/m1/s1. The average molecular weight is 368 g/mol. The molecule has 1 aromatic heterocycles. The first-order valence-electron chi connectivity index (χ1n) is 9.65. The lowest BCUT2D eigenvalue weighted by atomic mass is 10.1. The Hall–Kier alpha value is -2.63. The predicted molar refractivity (Wildman–Crippen MR) is 100 cm³/mol. The molecule has 0 spiro atoms. The Labute approximate surface area is 157 Å². The van der Waals surface area contributed by atoms with Gasteiger partial charge in [-0.05, 0) is 25.8 Å². The van der Waals surface area contributed by atoms with Crippen molar-refractivity contribution in [2.75, 3.05) is 6.54 Å². The molecule has 1 N–H and O–H groups in total. The number of para-hydroxylation sites is 1. The van der Waals surface area contributed by atoms with Gasteiger partial charge in [-0.1, -0.05) is 31.0 Å². The van der Waals surface area contributed by atoms with Crippen LogP contribution < -0.4 is 0 Å². The molecule has 2 aliphatic rings. The van der Waals surface area contributed by atoms with Gasteiger partial charge < -0.3 is 14.6 Å². The molecule has 2 aromatic rings. The van der Waals surface area contributed by atoms with Crippen LogP contribution in [0.25, 0.3) is 10.9 Å². The number of nitrogens with zero attached hydrogens (tertiary/aromatic N) is 1. The van der Waals surface area contributed by atoms with Crippen molar-refractivity contribution in [1.29, 1.82) is 0 Å². The van der Waals surface area contributed by atoms with Crippen molar-refractivity contribution in [2.24, 2.45) is 5.92 Å². The second kappa shape index (κ2) is 7.18. The van der Waals surface area contributed by atoms with Gasteiger partial charge in [0, 0.05) is 41.7 Å². The quantitative estimate of drug-likeness (QED) is 0.650. The van der Waals surface area contributed by atoms with Crippen LogP contribution in [-0.2, 0) is 14.3 Å². The maximum absolute atomic E-state index is 12.7. The van der Waals surface area contributed by atoms with Gasteiger partial charge in [-0.25, -0.2) is 0 Å².